The number of anilines is 3. The number of hydrogen-bond donors (Lipinski definition) is 2. The molecule has 0 aliphatic carbocycles. The summed E-state index contributed by atoms with van der Waals surface area (Å²) in [5.41, 5.74) is 8.40. The minimum absolute atomic E-state index is 0.157. The Morgan fingerprint density at radius 1 is 1.03 bits per heavy atom. The Labute approximate surface area is 208 Å². The zero-order valence-corrected chi connectivity index (χ0v) is 20.3. The molecule has 190 valence electrons. The van der Waals surface area contributed by atoms with Crippen LogP contribution in [0.3, 0.4) is 0 Å². The highest BCUT2D eigenvalue weighted by Gasteiger charge is 2.27. The molecular weight excluding hydrogens is 466 g/mol. The molecule has 2 saturated heterocycles. The average Bonchev–Trinajstić information content (AvgIpc) is 3.17. The number of nitrogens with zero attached hydrogens (tertiary/aromatic N) is 7. The van der Waals surface area contributed by atoms with Gasteiger partial charge in [-0.3, -0.25) is 4.90 Å². The Morgan fingerprint density at radius 3 is 2.44 bits per heavy atom. The smallest absolute Gasteiger partial charge is 0.224 e. The SMILES string of the molecule is Cc1c(C=CCN2CCN(c3cc(F)cc(F)c3)C[C@@H]2C)cnn1-c1cc(N2CC(O)C2)nc(N)n1. The van der Waals surface area contributed by atoms with Gasteiger partial charge in [-0.2, -0.15) is 15.1 Å². The minimum Gasteiger partial charge on any atom is -0.389 e. The average molecular weight is 497 g/mol. The summed E-state index contributed by atoms with van der Waals surface area (Å²) in [5, 5.41) is 14.1. The van der Waals surface area contributed by atoms with Crippen molar-refractivity contribution in [2.24, 2.45) is 0 Å². The van der Waals surface area contributed by atoms with E-state index in [4.69, 9.17) is 5.73 Å². The summed E-state index contributed by atoms with van der Waals surface area (Å²) < 4.78 is 29.0. The van der Waals surface area contributed by atoms with Gasteiger partial charge in [0.1, 0.15) is 17.5 Å². The van der Waals surface area contributed by atoms with Crippen LogP contribution in [0.15, 0.2) is 36.5 Å². The highest BCUT2D eigenvalue weighted by Crippen LogP contribution is 2.24. The van der Waals surface area contributed by atoms with Crippen molar-refractivity contribution in [1.82, 2.24) is 24.6 Å². The second-order valence-corrected chi connectivity index (χ2v) is 9.42. The Bertz CT molecular complexity index is 1250. The van der Waals surface area contributed by atoms with Gasteiger partial charge in [-0.15, -0.1) is 0 Å². The van der Waals surface area contributed by atoms with Gasteiger partial charge in [-0.1, -0.05) is 12.2 Å². The number of halogens is 2. The van der Waals surface area contributed by atoms with Crippen LogP contribution in [0.4, 0.5) is 26.2 Å². The van der Waals surface area contributed by atoms with Crippen LogP contribution in [-0.2, 0) is 0 Å². The third-order valence-corrected chi connectivity index (χ3v) is 6.78. The van der Waals surface area contributed by atoms with Crippen molar-refractivity contribution in [3.63, 3.8) is 0 Å². The molecule has 0 amide bonds. The van der Waals surface area contributed by atoms with Gasteiger partial charge in [-0.05, 0) is 26.0 Å². The van der Waals surface area contributed by atoms with Gasteiger partial charge in [-0.25, -0.2) is 13.5 Å². The summed E-state index contributed by atoms with van der Waals surface area (Å²) in [4.78, 5) is 14.9. The van der Waals surface area contributed by atoms with Crippen LogP contribution in [0.1, 0.15) is 18.2 Å². The van der Waals surface area contributed by atoms with Gasteiger partial charge < -0.3 is 20.6 Å². The van der Waals surface area contributed by atoms with Crippen LogP contribution in [0, 0.1) is 18.6 Å². The van der Waals surface area contributed by atoms with Crippen molar-refractivity contribution < 1.29 is 13.9 Å². The first-order valence-electron chi connectivity index (χ1n) is 12.0. The molecule has 36 heavy (non-hydrogen) atoms. The molecule has 2 aliphatic rings. The second-order valence-electron chi connectivity index (χ2n) is 9.42. The van der Waals surface area contributed by atoms with E-state index in [-0.39, 0.29) is 18.1 Å². The van der Waals surface area contributed by atoms with Crippen LogP contribution < -0.4 is 15.5 Å². The number of hydrogen-bond acceptors (Lipinski definition) is 8. The van der Waals surface area contributed by atoms with Crippen molar-refractivity contribution in [3.05, 3.63) is 59.4 Å². The first kappa shape index (κ1) is 24.1. The quantitative estimate of drug-likeness (QED) is 0.536. The number of benzene rings is 1. The Morgan fingerprint density at radius 2 is 1.75 bits per heavy atom. The third-order valence-electron chi connectivity index (χ3n) is 6.78. The molecule has 1 aromatic carbocycles. The van der Waals surface area contributed by atoms with Gasteiger partial charge in [0, 0.05) is 68.7 Å². The first-order valence-corrected chi connectivity index (χ1v) is 12.0. The number of aromatic nitrogens is 4. The summed E-state index contributed by atoms with van der Waals surface area (Å²) in [6.07, 6.45) is 5.58. The molecule has 0 spiro atoms. The zero-order chi connectivity index (χ0) is 25.4. The fourth-order valence-corrected chi connectivity index (χ4v) is 4.71. The van der Waals surface area contributed by atoms with Crippen molar-refractivity contribution in [1.29, 1.82) is 0 Å². The fraction of sp³-hybridized carbons (Fsp3) is 0.400. The fourth-order valence-electron chi connectivity index (χ4n) is 4.71. The van der Waals surface area contributed by atoms with Crippen molar-refractivity contribution >= 4 is 23.5 Å². The highest BCUT2D eigenvalue weighted by atomic mass is 19.1. The Kier molecular flexibility index (Phi) is 6.59. The lowest BCUT2D eigenvalue weighted by Gasteiger charge is -2.40. The van der Waals surface area contributed by atoms with E-state index in [9.17, 15) is 13.9 Å². The van der Waals surface area contributed by atoms with Crippen LogP contribution in [0.2, 0.25) is 0 Å². The normalized spacial score (nSPS) is 19.3. The van der Waals surface area contributed by atoms with Gasteiger partial charge in [0.2, 0.25) is 5.95 Å². The van der Waals surface area contributed by atoms with Crippen molar-refractivity contribution in [2.45, 2.75) is 26.0 Å². The molecular formula is C25H30F2N8O. The van der Waals surface area contributed by atoms with Gasteiger partial charge in [0.25, 0.3) is 0 Å². The number of nitrogen functional groups attached to an aromatic ring is 1. The molecule has 3 aromatic rings. The standard InChI is InChI=1S/C25H30F2N8O/c1-16-13-33(21-9-19(26)8-20(27)10-21)7-6-32(16)5-3-4-18-12-29-35(17(18)2)24-11-23(30-25(28)31-24)34-14-22(36)15-34/h3-4,8-12,16,22,36H,5-7,13-15H2,1-2H3,(H2,28,30,31)/t16-/m0/s1. The number of β-amino-alcohol motifs (C(OH)–C–C–N with tert-alkyl or cyclic N) is 1. The summed E-state index contributed by atoms with van der Waals surface area (Å²) in [6, 6.07) is 5.70. The van der Waals surface area contributed by atoms with E-state index >= 15 is 0 Å². The van der Waals surface area contributed by atoms with E-state index in [1.54, 1.807) is 10.9 Å². The zero-order valence-electron chi connectivity index (χ0n) is 20.3. The molecule has 0 bridgehead atoms. The molecule has 4 heterocycles. The molecule has 2 aromatic heterocycles. The van der Waals surface area contributed by atoms with Crippen LogP contribution in [0.5, 0.6) is 0 Å². The predicted molar refractivity (Wildman–Crippen MR) is 135 cm³/mol. The summed E-state index contributed by atoms with van der Waals surface area (Å²) in [7, 11) is 0. The highest BCUT2D eigenvalue weighted by molar-refractivity contribution is 5.55. The molecule has 0 unspecified atom stereocenters. The molecule has 5 rings (SSSR count). The second kappa shape index (κ2) is 9.82. The molecule has 9 nitrogen and oxygen atoms in total. The van der Waals surface area contributed by atoms with Crippen LogP contribution in [-0.4, -0.2) is 81.2 Å². The number of aliphatic hydroxyl groups is 1. The van der Waals surface area contributed by atoms with Gasteiger partial charge in [0.15, 0.2) is 5.82 Å². The number of aliphatic hydroxyl groups excluding tert-OH is 1. The number of piperazine rings is 1. The minimum atomic E-state index is -0.556. The molecule has 2 fully saturated rings. The van der Waals surface area contributed by atoms with E-state index in [0.29, 0.717) is 43.5 Å². The number of nitrogens with two attached hydrogens (primary N) is 1. The van der Waals surface area contributed by atoms with E-state index in [1.165, 1.54) is 12.1 Å². The lowest BCUT2D eigenvalue weighted by atomic mass is 10.1. The predicted octanol–water partition coefficient (Wildman–Crippen LogP) is 2.24. The molecule has 0 radical (unpaired) electrons. The lowest BCUT2D eigenvalue weighted by Crippen LogP contribution is -2.51. The Hall–Kier alpha value is -3.57. The van der Waals surface area contributed by atoms with Gasteiger partial charge >= 0.3 is 0 Å². The van der Waals surface area contributed by atoms with Crippen molar-refractivity contribution in [3.8, 4) is 5.82 Å². The van der Waals surface area contributed by atoms with E-state index in [1.807, 2.05) is 28.9 Å². The molecule has 0 saturated carbocycles. The molecule has 11 heteroatoms. The maximum absolute atomic E-state index is 13.6. The largest absolute Gasteiger partial charge is 0.389 e. The summed E-state index contributed by atoms with van der Waals surface area (Å²) in [5.74, 6) is 0.293. The van der Waals surface area contributed by atoms with Crippen LogP contribution in [0.25, 0.3) is 11.9 Å². The Balaban J connectivity index is 1.22. The number of rotatable bonds is 6. The van der Waals surface area contributed by atoms with Crippen molar-refractivity contribution in [2.75, 3.05) is 54.8 Å². The molecule has 1 atom stereocenters. The van der Waals surface area contributed by atoms with E-state index < -0.39 is 11.6 Å². The summed E-state index contributed by atoms with van der Waals surface area (Å²) in [6.45, 7) is 8.06. The van der Waals surface area contributed by atoms with E-state index in [2.05, 4.69) is 33.0 Å². The maximum Gasteiger partial charge on any atom is 0.224 e. The summed E-state index contributed by atoms with van der Waals surface area (Å²) >= 11 is 0. The monoisotopic (exact) mass is 496 g/mol. The lowest BCUT2D eigenvalue weighted by molar-refractivity contribution is 0.141. The topological polar surface area (TPSA) is 99.6 Å². The molecule has 3 N–H and O–H groups in total. The third kappa shape index (κ3) is 5.02. The van der Waals surface area contributed by atoms with Crippen LogP contribution >= 0.6 is 0 Å². The molecule has 2 aliphatic heterocycles. The first-order chi connectivity index (χ1) is 17.3. The van der Waals surface area contributed by atoms with Gasteiger partial charge in [0.05, 0.1) is 18.0 Å². The maximum atomic E-state index is 13.6. The van der Waals surface area contributed by atoms with E-state index in [0.717, 1.165) is 30.4 Å².